The molecular weight excluding hydrogens is 248 g/mol. The van der Waals surface area contributed by atoms with Crippen molar-refractivity contribution in [2.75, 3.05) is 29.0 Å². The summed E-state index contributed by atoms with van der Waals surface area (Å²) in [6.07, 6.45) is 6.18. The van der Waals surface area contributed by atoms with Crippen molar-refractivity contribution in [3.63, 3.8) is 0 Å². The van der Waals surface area contributed by atoms with Crippen LogP contribution in [-0.2, 0) is 10.0 Å². The molecule has 2 rings (SSSR count). The Morgan fingerprint density at radius 3 is 2.39 bits per heavy atom. The standard InChI is InChI=1S/C13H20N2O2S/c1-18(16,17)14-12-7-6-8-13(11-12)15-9-4-2-3-5-10-15/h6-8,11,14H,2-5,9-10H2,1H3. The van der Waals surface area contributed by atoms with E-state index < -0.39 is 10.0 Å². The maximum absolute atomic E-state index is 11.2. The molecule has 4 nitrogen and oxygen atoms in total. The van der Waals surface area contributed by atoms with Gasteiger partial charge >= 0.3 is 0 Å². The second-order valence-corrected chi connectivity index (χ2v) is 6.57. The lowest BCUT2D eigenvalue weighted by Gasteiger charge is -2.23. The molecule has 1 aromatic carbocycles. The van der Waals surface area contributed by atoms with E-state index in [0.717, 1.165) is 18.8 Å². The summed E-state index contributed by atoms with van der Waals surface area (Å²) in [6.45, 7) is 2.12. The first-order valence-corrected chi connectivity index (χ1v) is 8.26. The Morgan fingerprint density at radius 1 is 1.11 bits per heavy atom. The first kappa shape index (κ1) is 13.2. The Balaban J connectivity index is 2.15. The lowest BCUT2D eigenvalue weighted by atomic mass is 10.2. The van der Waals surface area contributed by atoms with Gasteiger partial charge in [-0.3, -0.25) is 4.72 Å². The van der Waals surface area contributed by atoms with E-state index in [1.165, 1.54) is 31.9 Å². The Morgan fingerprint density at radius 2 is 1.78 bits per heavy atom. The Bertz CT molecular complexity index is 491. The highest BCUT2D eigenvalue weighted by atomic mass is 32.2. The second-order valence-electron chi connectivity index (χ2n) is 4.83. The van der Waals surface area contributed by atoms with Gasteiger partial charge in [0, 0.05) is 18.8 Å². The molecule has 0 amide bonds. The third-order valence-corrected chi connectivity index (χ3v) is 3.73. The van der Waals surface area contributed by atoms with E-state index in [1.807, 2.05) is 18.2 Å². The minimum absolute atomic E-state index is 0.638. The largest absolute Gasteiger partial charge is 0.371 e. The van der Waals surface area contributed by atoms with E-state index in [9.17, 15) is 8.42 Å². The van der Waals surface area contributed by atoms with Crippen molar-refractivity contribution in [1.82, 2.24) is 0 Å². The number of benzene rings is 1. The van der Waals surface area contributed by atoms with Crippen molar-refractivity contribution < 1.29 is 8.42 Å². The first-order chi connectivity index (χ1) is 8.54. The highest BCUT2D eigenvalue weighted by molar-refractivity contribution is 7.92. The Kier molecular flexibility index (Phi) is 4.11. The van der Waals surface area contributed by atoms with Crippen LogP contribution >= 0.6 is 0 Å². The lowest BCUT2D eigenvalue weighted by molar-refractivity contribution is 0.607. The molecule has 18 heavy (non-hydrogen) atoms. The molecule has 5 heteroatoms. The molecule has 1 aliphatic heterocycles. The van der Waals surface area contributed by atoms with Crippen LogP contribution in [0.5, 0.6) is 0 Å². The molecule has 0 radical (unpaired) electrons. The first-order valence-electron chi connectivity index (χ1n) is 6.37. The monoisotopic (exact) mass is 268 g/mol. The SMILES string of the molecule is CS(=O)(=O)Nc1cccc(N2CCCCCC2)c1. The fourth-order valence-corrected chi connectivity index (χ4v) is 2.86. The molecule has 1 aliphatic rings. The summed E-state index contributed by atoms with van der Waals surface area (Å²) in [4.78, 5) is 2.33. The van der Waals surface area contributed by atoms with Crippen LogP contribution in [0, 0.1) is 0 Å². The molecule has 0 aliphatic carbocycles. The molecule has 1 N–H and O–H groups in total. The summed E-state index contributed by atoms with van der Waals surface area (Å²) < 4.78 is 25.0. The van der Waals surface area contributed by atoms with Crippen molar-refractivity contribution in [3.05, 3.63) is 24.3 Å². The van der Waals surface area contributed by atoms with Crippen LogP contribution in [0.2, 0.25) is 0 Å². The van der Waals surface area contributed by atoms with Crippen LogP contribution < -0.4 is 9.62 Å². The van der Waals surface area contributed by atoms with Crippen molar-refractivity contribution in [3.8, 4) is 0 Å². The summed E-state index contributed by atoms with van der Waals surface area (Å²) in [6, 6.07) is 7.63. The van der Waals surface area contributed by atoms with Gasteiger partial charge in [0.25, 0.3) is 0 Å². The number of hydrogen-bond acceptors (Lipinski definition) is 3. The van der Waals surface area contributed by atoms with Crippen LogP contribution in [0.3, 0.4) is 0 Å². The van der Waals surface area contributed by atoms with E-state index >= 15 is 0 Å². The number of hydrogen-bond donors (Lipinski definition) is 1. The third-order valence-electron chi connectivity index (χ3n) is 3.12. The maximum Gasteiger partial charge on any atom is 0.229 e. The minimum atomic E-state index is -3.20. The average Bonchev–Trinajstić information content (AvgIpc) is 2.55. The molecule has 100 valence electrons. The summed E-state index contributed by atoms with van der Waals surface area (Å²) in [7, 11) is -3.20. The number of rotatable bonds is 3. The summed E-state index contributed by atoms with van der Waals surface area (Å²) in [5.41, 5.74) is 1.74. The third kappa shape index (κ3) is 3.91. The van der Waals surface area contributed by atoms with E-state index in [-0.39, 0.29) is 0 Å². The summed E-state index contributed by atoms with van der Waals surface area (Å²) in [5.74, 6) is 0. The molecule has 0 bridgehead atoms. The topological polar surface area (TPSA) is 49.4 Å². The molecule has 0 saturated carbocycles. The molecule has 0 spiro atoms. The van der Waals surface area contributed by atoms with Crippen molar-refractivity contribution in [2.24, 2.45) is 0 Å². The molecule has 1 heterocycles. The van der Waals surface area contributed by atoms with Gasteiger partial charge in [-0.25, -0.2) is 8.42 Å². The minimum Gasteiger partial charge on any atom is -0.371 e. The molecular formula is C13H20N2O2S. The van der Waals surface area contributed by atoms with Crippen LogP contribution in [0.15, 0.2) is 24.3 Å². The lowest BCUT2D eigenvalue weighted by Crippen LogP contribution is -2.23. The molecule has 0 unspecified atom stereocenters. The Labute approximate surface area is 109 Å². The average molecular weight is 268 g/mol. The predicted molar refractivity (Wildman–Crippen MR) is 75.6 cm³/mol. The van der Waals surface area contributed by atoms with E-state index in [2.05, 4.69) is 9.62 Å². The molecule has 0 atom stereocenters. The zero-order chi connectivity index (χ0) is 13.0. The Hall–Kier alpha value is -1.23. The zero-order valence-electron chi connectivity index (χ0n) is 10.7. The summed E-state index contributed by atoms with van der Waals surface area (Å²) >= 11 is 0. The van der Waals surface area contributed by atoms with Crippen molar-refractivity contribution >= 4 is 21.4 Å². The van der Waals surface area contributed by atoms with E-state index in [1.54, 1.807) is 6.07 Å². The quantitative estimate of drug-likeness (QED) is 0.916. The van der Waals surface area contributed by atoms with Gasteiger partial charge in [0.1, 0.15) is 0 Å². The van der Waals surface area contributed by atoms with E-state index in [4.69, 9.17) is 0 Å². The molecule has 1 aromatic rings. The van der Waals surface area contributed by atoms with Gasteiger partial charge in [0.2, 0.25) is 10.0 Å². The van der Waals surface area contributed by atoms with Gasteiger partial charge in [-0.05, 0) is 31.0 Å². The van der Waals surface area contributed by atoms with Gasteiger partial charge in [0.15, 0.2) is 0 Å². The predicted octanol–water partition coefficient (Wildman–Crippen LogP) is 2.44. The number of nitrogens with zero attached hydrogens (tertiary/aromatic N) is 1. The normalized spacial score (nSPS) is 17.3. The van der Waals surface area contributed by atoms with Crippen LogP contribution in [0.25, 0.3) is 0 Å². The molecule has 1 fully saturated rings. The molecule has 1 saturated heterocycles. The smallest absolute Gasteiger partial charge is 0.229 e. The fraction of sp³-hybridized carbons (Fsp3) is 0.538. The van der Waals surface area contributed by atoms with Crippen molar-refractivity contribution in [2.45, 2.75) is 25.7 Å². The highest BCUT2D eigenvalue weighted by Crippen LogP contribution is 2.23. The van der Waals surface area contributed by atoms with Gasteiger partial charge in [0.05, 0.1) is 11.9 Å². The second kappa shape index (κ2) is 5.61. The van der Waals surface area contributed by atoms with Gasteiger partial charge in [-0.2, -0.15) is 0 Å². The van der Waals surface area contributed by atoms with Crippen LogP contribution in [0.1, 0.15) is 25.7 Å². The van der Waals surface area contributed by atoms with Gasteiger partial charge in [-0.15, -0.1) is 0 Å². The van der Waals surface area contributed by atoms with Crippen LogP contribution in [0.4, 0.5) is 11.4 Å². The molecule has 0 aromatic heterocycles. The fourth-order valence-electron chi connectivity index (χ4n) is 2.31. The maximum atomic E-state index is 11.2. The van der Waals surface area contributed by atoms with Crippen LogP contribution in [-0.4, -0.2) is 27.8 Å². The van der Waals surface area contributed by atoms with Crippen molar-refractivity contribution in [1.29, 1.82) is 0 Å². The summed E-state index contributed by atoms with van der Waals surface area (Å²) in [5, 5.41) is 0. The number of anilines is 2. The van der Waals surface area contributed by atoms with E-state index in [0.29, 0.717) is 5.69 Å². The van der Waals surface area contributed by atoms with Gasteiger partial charge < -0.3 is 4.90 Å². The number of nitrogens with one attached hydrogen (secondary N) is 1. The van der Waals surface area contributed by atoms with Gasteiger partial charge in [-0.1, -0.05) is 18.9 Å². The zero-order valence-corrected chi connectivity index (χ0v) is 11.5. The highest BCUT2D eigenvalue weighted by Gasteiger charge is 2.10. The number of sulfonamides is 1.